The van der Waals surface area contributed by atoms with E-state index in [1.807, 2.05) is 0 Å². The monoisotopic (exact) mass is 696 g/mol. The standard InChI is InChI=1S/C29H18F6N4O4S3/c30-28(31,32)17-5-15(6-18(8-17)29(33,34)35)16-7-21(45-12-16)10-23-25(41)39(27(44)46-23)22(9-20-11-36-13-37-20)24(40)38-19-3-1-14(2-4-19)26(42)43/h1-8,10-13,22H,9H2,(H,36,37)(H,38,40)(H,42,43)/b23-10-/t22-/m0/s1. The van der Waals surface area contributed by atoms with Gasteiger partial charge in [0.1, 0.15) is 10.4 Å². The Labute approximate surface area is 269 Å². The largest absolute Gasteiger partial charge is 0.478 e. The molecule has 0 unspecified atom stereocenters. The molecule has 0 aliphatic carbocycles. The van der Waals surface area contributed by atoms with Gasteiger partial charge in [0.05, 0.1) is 27.9 Å². The lowest BCUT2D eigenvalue weighted by atomic mass is 10.0. The topological polar surface area (TPSA) is 115 Å². The SMILES string of the molecule is O=C(O)c1ccc(NC(=O)[C@H](Cc2cnc[nH]2)N2C(=O)/C(=C/c3cc(-c4cc(C(F)(F)F)cc(C(F)(F)F)c4)cs3)SC2=S)cc1. The van der Waals surface area contributed by atoms with Crippen LogP contribution in [0.2, 0.25) is 0 Å². The van der Waals surface area contributed by atoms with Crippen molar-refractivity contribution in [3.63, 3.8) is 0 Å². The molecule has 0 spiro atoms. The predicted molar refractivity (Wildman–Crippen MR) is 163 cm³/mol. The molecule has 0 bridgehead atoms. The number of nitrogens with zero attached hydrogens (tertiary/aromatic N) is 2. The highest BCUT2D eigenvalue weighted by molar-refractivity contribution is 8.26. The molecule has 0 saturated carbocycles. The average Bonchev–Trinajstić information content (AvgIpc) is 3.73. The molecular weight excluding hydrogens is 679 g/mol. The number of rotatable bonds is 8. The van der Waals surface area contributed by atoms with Gasteiger partial charge in [-0.3, -0.25) is 14.5 Å². The molecule has 0 radical (unpaired) electrons. The lowest BCUT2D eigenvalue weighted by Crippen LogP contribution is -2.47. The van der Waals surface area contributed by atoms with Crippen molar-refractivity contribution in [1.29, 1.82) is 0 Å². The lowest BCUT2D eigenvalue weighted by Gasteiger charge is -2.25. The number of carbonyl (C=O) groups is 3. The van der Waals surface area contributed by atoms with Gasteiger partial charge in [0.2, 0.25) is 5.91 Å². The van der Waals surface area contributed by atoms with E-state index in [-0.39, 0.29) is 44.1 Å². The van der Waals surface area contributed by atoms with Crippen LogP contribution in [0, 0.1) is 0 Å². The van der Waals surface area contributed by atoms with Gasteiger partial charge >= 0.3 is 18.3 Å². The summed E-state index contributed by atoms with van der Waals surface area (Å²) in [7, 11) is 0. The molecule has 5 rings (SSSR count). The van der Waals surface area contributed by atoms with Crippen LogP contribution in [0.1, 0.15) is 32.1 Å². The molecule has 46 heavy (non-hydrogen) atoms. The number of aromatic carboxylic acids is 1. The number of thiophene rings is 1. The number of thiocarbonyl (C=S) groups is 1. The van der Waals surface area contributed by atoms with Crippen molar-refractivity contribution >= 4 is 69.2 Å². The van der Waals surface area contributed by atoms with Crippen molar-refractivity contribution < 1.29 is 45.8 Å². The number of benzene rings is 2. The Balaban J connectivity index is 1.42. The van der Waals surface area contributed by atoms with E-state index in [2.05, 4.69) is 15.3 Å². The molecule has 2 aromatic carbocycles. The van der Waals surface area contributed by atoms with E-state index in [0.29, 0.717) is 22.7 Å². The number of hydrogen-bond donors (Lipinski definition) is 3. The third-order valence-electron chi connectivity index (χ3n) is 6.62. The Morgan fingerprint density at radius 3 is 2.24 bits per heavy atom. The second kappa shape index (κ2) is 12.7. The zero-order chi connectivity index (χ0) is 33.4. The summed E-state index contributed by atoms with van der Waals surface area (Å²) in [5, 5.41) is 13.1. The highest BCUT2D eigenvalue weighted by Gasteiger charge is 2.41. The fourth-order valence-electron chi connectivity index (χ4n) is 4.41. The van der Waals surface area contributed by atoms with E-state index in [9.17, 15) is 40.7 Å². The van der Waals surface area contributed by atoms with E-state index in [4.69, 9.17) is 17.3 Å². The van der Waals surface area contributed by atoms with Gasteiger partial charge < -0.3 is 15.4 Å². The average molecular weight is 697 g/mol. The smallest absolute Gasteiger partial charge is 0.416 e. The van der Waals surface area contributed by atoms with Gasteiger partial charge in [0.15, 0.2) is 0 Å². The quantitative estimate of drug-likeness (QED) is 0.100. The summed E-state index contributed by atoms with van der Waals surface area (Å²) in [6, 6.07) is 6.81. The molecule has 1 atom stereocenters. The molecule has 1 aliphatic rings. The van der Waals surface area contributed by atoms with Crippen molar-refractivity contribution in [3.05, 3.63) is 98.6 Å². The fourth-order valence-corrected chi connectivity index (χ4v) is 6.68. The molecular formula is C29H18F6N4O4S3. The number of aromatic amines is 1. The minimum atomic E-state index is -5.01. The molecule has 3 heterocycles. The number of hydrogen-bond acceptors (Lipinski definition) is 7. The van der Waals surface area contributed by atoms with Crippen LogP contribution in [0.15, 0.2) is 71.3 Å². The number of amides is 2. The number of thioether (sulfide) groups is 1. The predicted octanol–water partition coefficient (Wildman–Crippen LogP) is 7.33. The van der Waals surface area contributed by atoms with Gasteiger partial charge in [0, 0.05) is 28.9 Å². The van der Waals surface area contributed by atoms with Crippen molar-refractivity contribution in [2.75, 3.05) is 5.32 Å². The van der Waals surface area contributed by atoms with Crippen molar-refractivity contribution in [3.8, 4) is 11.1 Å². The number of alkyl halides is 6. The maximum absolute atomic E-state index is 13.6. The number of anilines is 1. The molecule has 1 fully saturated rings. The number of carbonyl (C=O) groups excluding carboxylic acids is 2. The highest BCUT2D eigenvalue weighted by Crippen LogP contribution is 2.41. The molecule has 1 saturated heterocycles. The van der Waals surface area contributed by atoms with E-state index in [1.54, 1.807) is 0 Å². The minimum absolute atomic E-state index is 0.000305. The minimum Gasteiger partial charge on any atom is -0.478 e. The zero-order valence-corrected chi connectivity index (χ0v) is 25.2. The van der Waals surface area contributed by atoms with Crippen LogP contribution >= 0.6 is 35.3 Å². The van der Waals surface area contributed by atoms with Crippen molar-refractivity contribution in [2.24, 2.45) is 0 Å². The number of H-pyrrole nitrogens is 1. The van der Waals surface area contributed by atoms with Crippen LogP contribution < -0.4 is 5.32 Å². The Hall–Kier alpha value is -4.48. The molecule has 2 aromatic heterocycles. The highest BCUT2D eigenvalue weighted by atomic mass is 32.2. The van der Waals surface area contributed by atoms with E-state index < -0.39 is 47.3 Å². The summed E-state index contributed by atoms with van der Waals surface area (Å²) in [6.07, 6.45) is -5.82. The van der Waals surface area contributed by atoms with Gasteiger partial charge in [-0.25, -0.2) is 9.78 Å². The summed E-state index contributed by atoms with van der Waals surface area (Å²) < 4.78 is 80.2. The van der Waals surface area contributed by atoms with Crippen LogP contribution in [0.4, 0.5) is 32.0 Å². The lowest BCUT2D eigenvalue weighted by molar-refractivity contribution is -0.143. The number of aromatic nitrogens is 2. The molecule has 4 aromatic rings. The molecule has 17 heteroatoms. The first kappa shape index (κ1) is 32.9. The van der Waals surface area contributed by atoms with Crippen LogP contribution in [-0.2, 0) is 28.4 Å². The van der Waals surface area contributed by atoms with Gasteiger partial charge in [0.25, 0.3) is 5.91 Å². The third-order valence-corrected chi connectivity index (χ3v) is 8.83. The molecule has 1 aliphatic heterocycles. The number of nitrogens with one attached hydrogen (secondary N) is 2. The zero-order valence-electron chi connectivity index (χ0n) is 22.8. The van der Waals surface area contributed by atoms with Gasteiger partial charge in [-0.15, -0.1) is 11.3 Å². The van der Waals surface area contributed by atoms with Crippen molar-refractivity contribution in [2.45, 2.75) is 24.8 Å². The summed E-state index contributed by atoms with van der Waals surface area (Å²) in [5.74, 6) is -2.44. The Morgan fingerprint density at radius 2 is 1.67 bits per heavy atom. The fraction of sp³-hybridized carbons (Fsp3) is 0.138. The third kappa shape index (κ3) is 7.32. The summed E-state index contributed by atoms with van der Waals surface area (Å²) in [4.78, 5) is 46.5. The van der Waals surface area contributed by atoms with Gasteiger partial charge in [-0.05, 0) is 71.1 Å². The Kier molecular flexibility index (Phi) is 9.10. The van der Waals surface area contributed by atoms with Crippen molar-refractivity contribution in [1.82, 2.24) is 14.9 Å². The second-order valence-corrected chi connectivity index (χ2v) is 12.4. The second-order valence-electron chi connectivity index (χ2n) is 9.75. The van der Waals surface area contributed by atoms with E-state index in [1.165, 1.54) is 54.3 Å². The van der Waals surface area contributed by atoms with Crippen LogP contribution in [0.25, 0.3) is 17.2 Å². The van der Waals surface area contributed by atoms with E-state index >= 15 is 0 Å². The van der Waals surface area contributed by atoms with Crippen LogP contribution in [0.5, 0.6) is 0 Å². The van der Waals surface area contributed by atoms with Gasteiger partial charge in [-0.2, -0.15) is 26.3 Å². The van der Waals surface area contributed by atoms with Crippen LogP contribution in [0.3, 0.4) is 0 Å². The number of imidazole rings is 1. The normalized spacial score (nSPS) is 15.4. The van der Waals surface area contributed by atoms with E-state index in [0.717, 1.165) is 28.0 Å². The first-order valence-corrected chi connectivity index (χ1v) is 15.0. The molecule has 3 N–H and O–H groups in total. The first-order chi connectivity index (χ1) is 21.6. The molecule has 2 amide bonds. The maximum Gasteiger partial charge on any atom is 0.416 e. The summed E-state index contributed by atoms with van der Waals surface area (Å²) in [6.45, 7) is 0. The summed E-state index contributed by atoms with van der Waals surface area (Å²) >= 11 is 7.29. The number of carboxylic acid groups (broad SMARTS) is 1. The summed E-state index contributed by atoms with van der Waals surface area (Å²) in [5.41, 5.74) is -2.37. The Morgan fingerprint density at radius 1 is 1.02 bits per heavy atom. The van der Waals surface area contributed by atoms with Gasteiger partial charge in [-0.1, -0.05) is 24.0 Å². The molecule has 8 nitrogen and oxygen atoms in total. The Bertz CT molecular complexity index is 1820. The van der Waals surface area contributed by atoms with Crippen LogP contribution in [-0.4, -0.2) is 48.1 Å². The maximum atomic E-state index is 13.6. The molecule has 238 valence electrons. The first-order valence-electron chi connectivity index (χ1n) is 12.9. The number of halogens is 6. The number of carboxylic acids is 1.